The predicted octanol–water partition coefficient (Wildman–Crippen LogP) is 5.36. The fourth-order valence-electron chi connectivity index (χ4n) is 3.72. The highest BCUT2D eigenvalue weighted by molar-refractivity contribution is 5.97. The fraction of sp³-hybridized carbons (Fsp3) is 0.125. The van der Waals surface area contributed by atoms with Gasteiger partial charge in [-0.1, -0.05) is 42.5 Å². The third-order valence-corrected chi connectivity index (χ3v) is 5.23. The summed E-state index contributed by atoms with van der Waals surface area (Å²) in [5.74, 6) is -0.370. The van der Waals surface area contributed by atoms with Crippen molar-refractivity contribution in [2.45, 2.75) is 13.5 Å². The summed E-state index contributed by atoms with van der Waals surface area (Å²) in [6.45, 7) is 2.59. The van der Waals surface area contributed by atoms with E-state index in [0.717, 1.165) is 33.2 Å². The van der Waals surface area contributed by atoms with E-state index in [4.69, 9.17) is 4.74 Å². The second-order valence-corrected chi connectivity index (χ2v) is 7.13. The zero-order valence-electron chi connectivity index (χ0n) is 16.7. The first-order valence-corrected chi connectivity index (χ1v) is 9.48. The first-order valence-electron chi connectivity index (χ1n) is 9.48. The van der Waals surface area contributed by atoms with Gasteiger partial charge >= 0.3 is 5.97 Å². The molecular formula is C24H20N2O4. The van der Waals surface area contributed by atoms with E-state index in [1.165, 1.54) is 13.2 Å². The molecule has 0 amide bonds. The molecule has 150 valence electrons. The first-order chi connectivity index (χ1) is 14.5. The number of fused-ring (bicyclic) bond motifs is 1. The number of aryl methyl sites for hydroxylation is 1. The molecule has 0 spiro atoms. The van der Waals surface area contributed by atoms with Gasteiger partial charge in [0.25, 0.3) is 5.69 Å². The van der Waals surface area contributed by atoms with Gasteiger partial charge in [0.05, 0.1) is 23.1 Å². The summed E-state index contributed by atoms with van der Waals surface area (Å²) in [6, 6.07) is 20.2. The number of nitrogens with zero attached hydrogens (tertiary/aromatic N) is 2. The number of aromatic nitrogens is 1. The largest absolute Gasteiger partial charge is 0.465 e. The average Bonchev–Trinajstić information content (AvgIpc) is 3.08. The van der Waals surface area contributed by atoms with Gasteiger partial charge in [0.1, 0.15) is 0 Å². The number of nitro benzene ring substituents is 1. The Labute approximate surface area is 173 Å². The minimum Gasteiger partial charge on any atom is -0.465 e. The van der Waals surface area contributed by atoms with Crippen molar-refractivity contribution in [2.24, 2.45) is 0 Å². The summed E-state index contributed by atoms with van der Waals surface area (Å²) in [6.07, 6.45) is 2.01. The maximum atomic E-state index is 12.0. The fourth-order valence-corrected chi connectivity index (χ4v) is 3.72. The Morgan fingerprint density at radius 3 is 2.50 bits per heavy atom. The van der Waals surface area contributed by atoms with Gasteiger partial charge in [-0.2, -0.15) is 0 Å². The van der Waals surface area contributed by atoms with Crippen molar-refractivity contribution < 1.29 is 14.5 Å². The van der Waals surface area contributed by atoms with E-state index < -0.39 is 0 Å². The van der Waals surface area contributed by atoms with Crippen molar-refractivity contribution in [3.8, 4) is 11.1 Å². The van der Waals surface area contributed by atoms with Crippen LogP contribution in [0.3, 0.4) is 0 Å². The van der Waals surface area contributed by atoms with E-state index in [-0.39, 0.29) is 16.6 Å². The lowest BCUT2D eigenvalue weighted by molar-refractivity contribution is -0.384. The van der Waals surface area contributed by atoms with Gasteiger partial charge in [-0.15, -0.1) is 0 Å². The van der Waals surface area contributed by atoms with Crippen LogP contribution in [0.1, 0.15) is 21.5 Å². The molecule has 6 nitrogen and oxygen atoms in total. The van der Waals surface area contributed by atoms with Crippen molar-refractivity contribution in [1.29, 1.82) is 0 Å². The Morgan fingerprint density at radius 2 is 1.80 bits per heavy atom. The SMILES string of the molecule is COC(=O)c1ccccc1-c1ccc(Cn2cc(C)c3ccc([N+](=O)[O-])cc32)cc1. The first kappa shape index (κ1) is 19.4. The van der Waals surface area contributed by atoms with Gasteiger partial charge in [0, 0.05) is 30.3 Å². The normalized spacial score (nSPS) is 10.9. The number of hydrogen-bond acceptors (Lipinski definition) is 4. The number of carbonyl (C=O) groups excluding carboxylic acids is 1. The molecule has 6 heteroatoms. The summed E-state index contributed by atoms with van der Waals surface area (Å²) in [4.78, 5) is 22.8. The summed E-state index contributed by atoms with van der Waals surface area (Å²) in [5, 5.41) is 12.2. The van der Waals surface area contributed by atoms with E-state index in [0.29, 0.717) is 12.1 Å². The molecular weight excluding hydrogens is 380 g/mol. The summed E-state index contributed by atoms with van der Waals surface area (Å²) >= 11 is 0. The van der Waals surface area contributed by atoms with Crippen LogP contribution in [0.5, 0.6) is 0 Å². The molecule has 0 radical (unpaired) electrons. The highest BCUT2D eigenvalue weighted by atomic mass is 16.6. The van der Waals surface area contributed by atoms with E-state index in [2.05, 4.69) is 0 Å². The highest BCUT2D eigenvalue weighted by Gasteiger charge is 2.14. The average molecular weight is 400 g/mol. The van der Waals surface area contributed by atoms with Gasteiger partial charge < -0.3 is 9.30 Å². The molecule has 4 aromatic rings. The molecule has 0 unspecified atom stereocenters. The van der Waals surface area contributed by atoms with Crippen LogP contribution >= 0.6 is 0 Å². The van der Waals surface area contributed by atoms with Crippen LogP contribution in [-0.2, 0) is 11.3 Å². The predicted molar refractivity (Wildman–Crippen MR) is 116 cm³/mol. The molecule has 0 N–H and O–H groups in total. The smallest absolute Gasteiger partial charge is 0.338 e. The van der Waals surface area contributed by atoms with Crippen molar-refractivity contribution in [2.75, 3.05) is 7.11 Å². The number of methoxy groups -OCH3 is 1. The number of carbonyl (C=O) groups is 1. The van der Waals surface area contributed by atoms with Crippen LogP contribution in [0.25, 0.3) is 22.0 Å². The number of hydrogen-bond donors (Lipinski definition) is 0. The quantitative estimate of drug-likeness (QED) is 0.257. The van der Waals surface area contributed by atoms with E-state index in [1.54, 1.807) is 18.2 Å². The van der Waals surface area contributed by atoms with E-state index in [9.17, 15) is 14.9 Å². The molecule has 0 bridgehead atoms. The van der Waals surface area contributed by atoms with Gasteiger partial charge in [-0.3, -0.25) is 10.1 Å². The summed E-state index contributed by atoms with van der Waals surface area (Å²) < 4.78 is 6.90. The van der Waals surface area contributed by atoms with Crippen LogP contribution in [0.15, 0.2) is 72.9 Å². The molecule has 1 aromatic heterocycles. The molecule has 30 heavy (non-hydrogen) atoms. The number of nitro groups is 1. The standard InChI is InChI=1S/C24H20N2O4/c1-16-14-25(23-13-19(26(28)29)11-12-20(16)23)15-17-7-9-18(10-8-17)21-5-3-4-6-22(21)24(27)30-2/h3-14H,15H2,1-2H3. The van der Waals surface area contributed by atoms with Crippen LogP contribution in [0.4, 0.5) is 5.69 Å². The number of esters is 1. The number of non-ortho nitro benzene ring substituents is 1. The summed E-state index contributed by atoms with van der Waals surface area (Å²) in [7, 11) is 1.37. The zero-order chi connectivity index (χ0) is 21.3. The molecule has 0 saturated heterocycles. The topological polar surface area (TPSA) is 74.4 Å². The number of benzene rings is 3. The second kappa shape index (κ2) is 7.83. The van der Waals surface area contributed by atoms with Crippen molar-refractivity contribution in [1.82, 2.24) is 4.57 Å². The molecule has 0 aliphatic heterocycles. The lowest BCUT2D eigenvalue weighted by Gasteiger charge is -2.10. The molecule has 3 aromatic carbocycles. The van der Waals surface area contributed by atoms with Crippen LogP contribution in [0.2, 0.25) is 0 Å². The van der Waals surface area contributed by atoms with Gasteiger partial charge in [-0.05, 0) is 41.3 Å². The van der Waals surface area contributed by atoms with Crippen molar-refractivity contribution in [3.05, 3.63) is 99.7 Å². The van der Waals surface area contributed by atoms with E-state index >= 15 is 0 Å². The number of ether oxygens (including phenoxy) is 1. The minimum atomic E-state index is -0.375. The number of rotatable bonds is 5. The monoisotopic (exact) mass is 400 g/mol. The highest BCUT2D eigenvalue weighted by Crippen LogP contribution is 2.28. The molecule has 1 heterocycles. The molecule has 4 rings (SSSR count). The Balaban J connectivity index is 1.66. The Morgan fingerprint density at radius 1 is 1.07 bits per heavy atom. The molecule has 0 aliphatic rings. The van der Waals surface area contributed by atoms with Crippen molar-refractivity contribution >= 4 is 22.6 Å². The lowest BCUT2D eigenvalue weighted by atomic mass is 9.98. The maximum absolute atomic E-state index is 12.0. The molecule has 0 fully saturated rings. The van der Waals surface area contributed by atoms with Gasteiger partial charge in [0.15, 0.2) is 0 Å². The van der Waals surface area contributed by atoms with Crippen LogP contribution < -0.4 is 0 Å². The third-order valence-electron chi connectivity index (χ3n) is 5.23. The maximum Gasteiger partial charge on any atom is 0.338 e. The Bertz CT molecular complexity index is 1260. The summed E-state index contributed by atoms with van der Waals surface area (Å²) in [5.41, 5.74) is 5.30. The zero-order valence-corrected chi connectivity index (χ0v) is 16.7. The van der Waals surface area contributed by atoms with E-state index in [1.807, 2.05) is 60.2 Å². The van der Waals surface area contributed by atoms with Crippen LogP contribution in [-0.4, -0.2) is 22.6 Å². The van der Waals surface area contributed by atoms with Crippen molar-refractivity contribution in [3.63, 3.8) is 0 Å². The van der Waals surface area contributed by atoms with Gasteiger partial charge in [0.2, 0.25) is 0 Å². The minimum absolute atomic E-state index is 0.0802. The molecule has 0 atom stereocenters. The third kappa shape index (κ3) is 3.55. The molecule has 0 saturated carbocycles. The van der Waals surface area contributed by atoms with Gasteiger partial charge in [-0.25, -0.2) is 4.79 Å². The van der Waals surface area contributed by atoms with Crippen LogP contribution in [0, 0.1) is 17.0 Å². The lowest BCUT2D eigenvalue weighted by Crippen LogP contribution is -2.03. The second-order valence-electron chi connectivity index (χ2n) is 7.13. The Hall–Kier alpha value is -3.93. The Kier molecular flexibility index (Phi) is 5.06. The molecule has 0 aliphatic carbocycles.